The van der Waals surface area contributed by atoms with Gasteiger partial charge in [-0.25, -0.2) is 15.0 Å². The molecule has 0 aliphatic carbocycles. The maximum absolute atomic E-state index is 9.30. The van der Waals surface area contributed by atoms with Gasteiger partial charge in [0.1, 0.15) is 11.8 Å². The number of hydrogen-bond donors (Lipinski definition) is 3. The molecular weight excluding hydrogens is 426 g/mol. The van der Waals surface area contributed by atoms with Crippen molar-refractivity contribution < 1.29 is 5.11 Å². The van der Waals surface area contributed by atoms with E-state index in [1.54, 1.807) is 6.33 Å². The number of aromatic amines is 1. The van der Waals surface area contributed by atoms with Crippen molar-refractivity contribution in [2.75, 3.05) is 36.5 Å². The number of nitrogens with one attached hydrogen (secondary N) is 2. The van der Waals surface area contributed by atoms with Crippen LogP contribution in [0.4, 0.5) is 11.5 Å². The Labute approximate surface area is 191 Å². The van der Waals surface area contributed by atoms with Gasteiger partial charge in [0.25, 0.3) is 0 Å². The quantitative estimate of drug-likeness (QED) is 0.392. The summed E-state index contributed by atoms with van der Waals surface area (Å²) >= 11 is 6.66. The van der Waals surface area contributed by atoms with Crippen molar-refractivity contribution in [3.63, 3.8) is 0 Å². The second kappa shape index (κ2) is 9.26. The van der Waals surface area contributed by atoms with Crippen LogP contribution in [0.5, 0.6) is 0 Å². The van der Waals surface area contributed by atoms with Crippen molar-refractivity contribution in [3.05, 3.63) is 47.6 Å². The van der Waals surface area contributed by atoms with Crippen LogP contribution < -0.4 is 10.2 Å². The molecule has 9 heteroatoms. The Balaban J connectivity index is 1.42. The minimum absolute atomic E-state index is 0.264. The molecule has 0 atom stereocenters. The number of hydrogen-bond acceptors (Lipinski definition) is 7. The van der Waals surface area contributed by atoms with E-state index in [0.717, 1.165) is 66.0 Å². The molecule has 0 amide bonds. The maximum atomic E-state index is 9.30. The number of anilines is 2. The fraction of sp³-hybridized carbons (Fsp3) is 0.391. The molecule has 0 unspecified atom stereocenters. The summed E-state index contributed by atoms with van der Waals surface area (Å²) in [5, 5.41) is 14.4. The SMILES string of the molecule is OCCC1CCN(c2c(CCNc3ncnc4nc[nH]c34)cc(Cl)c3cccnc23)CC1. The third-order valence-electron chi connectivity index (χ3n) is 6.27. The average Bonchev–Trinajstić information content (AvgIpc) is 3.30. The van der Waals surface area contributed by atoms with Crippen molar-refractivity contribution in [2.24, 2.45) is 5.92 Å². The number of H-pyrrole nitrogens is 1. The fourth-order valence-corrected chi connectivity index (χ4v) is 4.91. The lowest BCUT2D eigenvalue weighted by Crippen LogP contribution is -2.35. The Kier molecular flexibility index (Phi) is 6.05. The topological polar surface area (TPSA) is 103 Å². The number of benzene rings is 1. The number of imidazole rings is 1. The van der Waals surface area contributed by atoms with Crippen molar-refractivity contribution in [2.45, 2.75) is 25.7 Å². The summed E-state index contributed by atoms with van der Waals surface area (Å²) in [5.41, 5.74) is 4.74. The van der Waals surface area contributed by atoms with Crippen molar-refractivity contribution >= 4 is 45.2 Å². The van der Waals surface area contributed by atoms with E-state index < -0.39 is 0 Å². The number of fused-ring (bicyclic) bond motifs is 2. The Morgan fingerprint density at radius 1 is 1.19 bits per heavy atom. The van der Waals surface area contributed by atoms with E-state index in [9.17, 15) is 5.11 Å². The van der Waals surface area contributed by atoms with E-state index >= 15 is 0 Å². The van der Waals surface area contributed by atoms with Gasteiger partial charge in [0.2, 0.25) is 0 Å². The van der Waals surface area contributed by atoms with Crippen LogP contribution in [-0.2, 0) is 6.42 Å². The monoisotopic (exact) mass is 451 g/mol. The van der Waals surface area contributed by atoms with Gasteiger partial charge in [-0.1, -0.05) is 11.6 Å². The standard InChI is InChI=1S/C23H26ClN7O/c24-18-12-16(3-8-26-22-20-23(28-13-27-20)30-14-29-22)21(19-17(18)2-1-7-25-19)31-9-4-15(5-10-31)6-11-32/h1-2,7,12-15,32H,3-6,8-11H2,(H2,26,27,28,29,30). The van der Waals surface area contributed by atoms with Gasteiger partial charge < -0.3 is 20.3 Å². The Hall–Kier alpha value is -2.97. The first kappa shape index (κ1) is 20.9. The van der Waals surface area contributed by atoms with E-state index in [2.05, 4.69) is 36.2 Å². The number of piperidine rings is 1. The van der Waals surface area contributed by atoms with E-state index in [4.69, 9.17) is 16.6 Å². The molecule has 0 spiro atoms. The zero-order valence-electron chi connectivity index (χ0n) is 17.8. The maximum Gasteiger partial charge on any atom is 0.182 e. The molecule has 1 aliphatic rings. The molecule has 32 heavy (non-hydrogen) atoms. The molecule has 8 nitrogen and oxygen atoms in total. The van der Waals surface area contributed by atoms with E-state index in [1.165, 1.54) is 17.6 Å². The predicted octanol–water partition coefficient (Wildman–Crippen LogP) is 3.81. The van der Waals surface area contributed by atoms with Crippen LogP contribution in [0.1, 0.15) is 24.8 Å². The third-order valence-corrected chi connectivity index (χ3v) is 6.59. The highest BCUT2D eigenvalue weighted by Gasteiger charge is 2.24. The molecule has 1 saturated heterocycles. The number of aliphatic hydroxyl groups is 1. The van der Waals surface area contributed by atoms with Gasteiger partial charge in [-0.3, -0.25) is 4.98 Å². The number of rotatable bonds is 7. The van der Waals surface area contributed by atoms with Crippen LogP contribution in [0.3, 0.4) is 0 Å². The summed E-state index contributed by atoms with van der Waals surface area (Å²) < 4.78 is 0. The second-order valence-electron chi connectivity index (χ2n) is 8.21. The summed E-state index contributed by atoms with van der Waals surface area (Å²) in [7, 11) is 0. The molecule has 4 heterocycles. The summed E-state index contributed by atoms with van der Waals surface area (Å²) in [6, 6.07) is 6.04. The minimum Gasteiger partial charge on any atom is -0.396 e. The van der Waals surface area contributed by atoms with E-state index in [0.29, 0.717) is 18.1 Å². The van der Waals surface area contributed by atoms with E-state index in [-0.39, 0.29) is 6.61 Å². The van der Waals surface area contributed by atoms with Crippen molar-refractivity contribution in [1.82, 2.24) is 24.9 Å². The minimum atomic E-state index is 0.264. The average molecular weight is 452 g/mol. The largest absolute Gasteiger partial charge is 0.396 e. The van der Waals surface area contributed by atoms with Crippen LogP contribution in [0.15, 0.2) is 37.1 Å². The van der Waals surface area contributed by atoms with Gasteiger partial charge in [0, 0.05) is 37.8 Å². The molecule has 0 bridgehead atoms. The van der Waals surface area contributed by atoms with Crippen molar-refractivity contribution in [3.8, 4) is 0 Å². The number of halogens is 1. The van der Waals surface area contributed by atoms with Gasteiger partial charge in [0.05, 0.1) is 22.6 Å². The first-order valence-electron chi connectivity index (χ1n) is 11.0. The summed E-state index contributed by atoms with van der Waals surface area (Å²) in [6.45, 7) is 2.87. The molecule has 3 N–H and O–H groups in total. The lowest BCUT2D eigenvalue weighted by Gasteiger charge is -2.35. The van der Waals surface area contributed by atoms with E-state index in [1.807, 2.05) is 18.3 Å². The number of aliphatic hydroxyl groups excluding tert-OH is 1. The number of aromatic nitrogens is 5. The zero-order chi connectivity index (χ0) is 21.9. The fourth-order valence-electron chi connectivity index (χ4n) is 4.62. The molecule has 5 rings (SSSR count). The third kappa shape index (κ3) is 4.08. The first-order chi connectivity index (χ1) is 15.7. The molecule has 1 fully saturated rings. The summed E-state index contributed by atoms with van der Waals surface area (Å²) in [6.07, 6.45) is 8.78. The molecular formula is C23H26ClN7O. The lowest BCUT2D eigenvalue weighted by molar-refractivity contribution is 0.240. The first-order valence-corrected chi connectivity index (χ1v) is 11.4. The number of nitrogens with zero attached hydrogens (tertiary/aromatic N) is 5. The predicted molar refractivity (Wildman–Crippen MR) is 127 cm³/mol. The normalized spacial score (nSPS) is 15.0. The molecule has 3 aromatic heterocycles. The lowest BCUT2D eigenvalue weighted by atomic mass is 9.92. The smallest absolute Gasteiger partial charge is 0.182 e. The van der Waals surface area contributed by atoms with Gasteiger partial charge >= 0.3 is 0 Å². The zero-order valence-corrected chi connectivity index (χ0v) is 18.5. The highest BCUT2D eigenvalue weighted by Crippen LogP contribution is 2.37. The van der Waals surface area contributed by atoms with Crippen LogP contribution in [0, 0.1) is 5.92 Å². The second-order valence-corrected chi connectivity index (χ2v) is 8.62. The molecule has 4 aromatic rings. The van der Waals surface area contributed by atoms with Crippen LogP contribution in [0.25, 0.3) is 22.1 Å². The van der Waals surface area contributed by atoms with Crippen LogP contribution >= 0.6 is 11.6 Å². The van der Waals surface area contributed by atoms with Crippen LogP contribution in [0.2, 0.25) is 5.02 Å². The van der Waals surface area contributed by atoms with Gasteiger partial charge in [-0.05, 0) is 55.4 Å². The molecule has 166 valence electrons. The Morgan fingerprint density at radius 2 is 2.06 bits per heavy atom. The number of pyridine rings is 1. The van der Waals surface area contributed by atoms with Gasteiger partial charge in [-0.15, -0.1) is 0 Å². The molecule has 0 saturated carbocycles. The Morgan fingerprint density at radius 3 is 2.91 bits per heavy atom. The van der Waals surface area contributed by atoms with Gasteiger partial charge in [-0.2, -0.15) is 0 Å². The molecule has 1 aliphatic heterocycles. The summed E-state index contributed by atoms with van der Waals surface area (Å²) in [4.78, 5) is 23.0. The highest BCUT2D eigenvalue weighted by atomic mass is 35.5. The summed E-state index contributed by atoms with van der Waals surface area (Å²) in [5.74, 6) is 1.33. The van der Waals surface area contributed by atoms with Gasteiger partial charge in [0.15, 0.2) is 11.5 Å². The molecule has 1 aromatic carbocycles. The van der Waals surface area contributed by atoms with Crippen molar-refractivity contribution in [1.29, 1.82) is 0 Å². The molecule has 0 radical (unpaired) electrons. The Bertz CT molecular complexity index is 1220. The van der Waals surface area contributed by atoms with Crippen LogP contribution in [-0.4, -0.2) is 56.3 Å². The highest BCUT2D eigenvalue weighted by molar-refractivity contribution is 6.36.